The van der Waals surface area contributed by atoms with Crippen LogP contribution in [-0.2, 0) is 13.0 Å². The van der Waals surface area contributed by atoms with Gasteiger partial charge in [-0.05, 0) is 41.3 Å². The zero-order valence-electron chi connectivity index (χ0n) is 17.8. The molecule has 0 fully saturated rings. The smallest absolute Gasteiger partial charge is 0.336 e. The number of unbranched alkanes of at least 4 members (excludes halogenated alkanes) is 1. The van der Waals surface area contributed by atoms with Gasteiger partial charge in [-0.25, -0.2) is 14.8 Å². The maximum absolute atomic E-state index is 11.6. The van der Waals surface area contributed by atoms with Crippen LogP contribution in [-0.4, -0.2) is 32.7 Å². The highest BCUT2D eigenvalue weighted by Gasteiger charge is 2.14. The molecular formula is C25H26N4O2. The molecule has 31 heavy (non-hydrogen) atoms. The summed E-state index contributed by atoms with van der Waals surface area (Å²) in [5, 5.41) is 12.6. The molecule has 2 N–H and O–H groups in total. The number of benzene rings is 2. The van der Waals surface area contributed by atoms with Gasteiger partial charge in [0, 0.05) is 13.5 Å². The third-order valence-electron chi connectivity index (χ3n) is 5.44. The van der Waals surface area contributed by atoms with E-state index in [-0.39, 0.29) is 0 Å². The van der Waals surface area contributed by atoms with Crippen LogP contribution in [0.3, 0.4) is 0 Å². The SMILES string of the molecule is CCCCc1nc2ccc(NC)nc2n1Cc1ccc(-c2ccccc2C(=O)O)cc1. The molecule has 0 unspecified atom stereocenters. The van der Waals surface area contributed by atoms with Crippen molar-refractivity contribution in [2.24, 2.45) is 0 Å². The molecule has 0 radical (unpaired) electrons. The molecule has 0 aliphatic carbocycles. The quantitative estimate of drug-likeness (QED) is 0.413. The van der Waals surface area contributed by atoms with Crippen molar-refractivity contribution >= 4 is 23.0 Å². The van der Waals surface area contributed by atoms with E-state index in [0.29, 0.717) is 12.1 Å². The van der Waals surface area contributed by atoms with Crippen molar-refractivity contribution in [2.45, 2.75) is 32.7 Å². The van der Waals surface area contributed by atoms with Gasteiger partial charge in [-0.15, -0.1) is 0 Å². The lowest BCUT2D eigenvalue weighted by Gasteiger charge is -2.11. The predicted molar refractivity (Wildman–Crippen MR) is 124 cm³/mol. The van der Waals surface area contributed by atoms with Crippen molar-refractivity contribution in [3.05, 3.63) is 77.6 Å². The largest absolute Gasteiger partial charge is 0.478 e. The van der Waals surface area contributed by atoms with Crippen LogP contribution < -0.4 is 5.32 Å². The van der Waals surface area contributed by atoms with Crippen molar-refractivity contribution < 1.29 is 9.90 Å². The summed E-state index contributed by atoms with van der Waals surface area (Å²) in [6, 6.07) is 19.1. The maximum Gasteiger partial charge on any atom is 0.336 e. The molecule has 0 saturated carbocycles. The Hall–Kier alpha value is -3.67. The van der Waals surface area contributed by atoms with Gasteiger partial charge in [-0.1, -0.05) is 55.8 Å². The summed E-state index contributed by atoms with van der Waals surface area (Å²) in [6.07, 6.45) is 3.09. The van der Waals surface area contributed by atoms with Gasteiger partial charge in [0.2, 0.25) is 0 Å². The van der Waals surface area contributed by atoms with Gasteiger partial charge in [0.1, 0.15) is 17.2 Å². The average molecular weight is 415 g/mol. The highest BCUT2D eigenvalue weighted by atomic mass is 16.4. The molecule has 0 amide bonds. The first-order valence-electron chi connectivity index (χ1n) is 10.6. The van der Waals surface area contributed by atoms with E-state index in [0.717, 1.165) is 58.8 Å². The molecule has 0 atom stereocenters. The van der Waals surface area contributed by atoms with Gasteiger partial charge in [-0.2, -0.15) is 0 Å². The zero-order chi connectivity index (χ0) is 21.8. The maximum atomic E-state index is 11.6. The standard InChI is InChI=1S/C25H26N4O2/c1-3-4-9-23-27-21-14-15-22(26-2)28-24(21)29(23)16-17-10-12-18(13-11-17)19-7-5-6-8-20(19)25(30)31/h5-8,10-15H,3-4,9,16H2,1-2H3,(H,26,28)(H,30,31). The molecule has 158 valence electrons. The summed E-state index contributed by atoms with van der Waals surface area (Å²) in [7, 11) is 1.86. The number of nitrogens with one attached hydrogen (secondary N) is 1. The summed E-state index contributed by atoms with van der Waals surface area (Å²) < 4.78 is 2.19. The van der Waals surface area contributed by atoms with E-state index in [9.17, 15) is 9.90 Å². The number of anilines is 1. The van der Waals surface area contributed by atoms with Crippen LogP contribution >= 0.6 is 0 Å². The van der Waals surface area contributed by atoms with Crippen molar-refractivity contribution in [1.82, 2.24) is 14.5 Å². The van der Waals surface area contributed by atoms with E-state index < -0.39 is 5.97 Å². The van der Waals surface area contributed by atoms with E-state index in [1.165, 1.54) is 0 Å². The Morgan fingerprint density at radius 3 is 2.52 bits per heavy atom. The van der Waals surface area contributed by atoms with E-state index in [4.69, 9.17) is 9.97 Å². The van der Waals surface area contributed by atoms with Crippen LogP contribution in [0.1, 0.15) is 41.5 Å². The van der Waals surface area contributed by atoms with Crippen molar-refractivity contribution in [3.63, 3.8) is 0 Å². The Morgan fingerprint density at radius 1 is 1.03 bits per heavy atom. The van der Waals surface area contributed by atoms with Crippen LogP contribution in [0.4, 0.5) is 5.82 Å². The number of hydrogen-bond acceptors (Lipinski definition) is 4. The van der Waals surface area contributed by atoms with Gasteiger partial charge in [0.05, 0.1) is 12.1 Å². The fourth-order valence-corrected chi connectivity index (χ4v) is 3.77. The molecule has 0 aliphatic rings. The number of aromatic carboxylic acids is 1. The van der Waals surface area contributed by atoms with Crippen molar-refractivity contribution in [1.29, 1.82) is 0 Å². The number of imidazole rings is 1. The number of carbonyl (C=O) groups is 1. The Morgan fingerprint density at radius 2 is 1.81 bits per heavy atom. The first kappa shape index (κ1) is 20.6. The summed E-state index contributed by atoms with van der Waals surface area (Å²) >= 11 is 0. The van der Waals surface area contributed by atoms with Crippen LogP contribution in [0.5, 0.6) is 0 Å². The summed E-state index contributed by atoms with van der Waals surface area (Å²) in [5.74, 6) is 0.936. The van der Waals surface area contributed by atoms with Crippen molar-refractivity contribution in [3.8, 4) is 11.1 Å². The number of fused-ring (bicyclic) bond motifs is 1. The minimum Gasteiger partial charge on any atom is -0.478 e. The molecule has 2 aromatic carbocycles. The molecule has 0 saturated heterocycles. The molecule has 0 aliphatic heterocycles. The lowest BCUT2D eigenvalue weighted by Crippen LogP contribution is -2.07. The normalized spacial score (nSPS) is 11.0. The van der Waals surface area contributed by atoms with Gasteiger partial charge in [0.15, 0.2) is 5.65 Å². The van der Waals surface area contributed by atoms with Crippen molar-refractivity contribution in [2.75, 3.05) is 12.4 Å². The fourth-order valence-electron chi connectivity index (χ4n) is 3.77. The zero-order valence-corrected chi connectivity index (χ0v) is 17.8. The first-order valence-corrected chi connectivity index (χ1v) is 10.6. The van der Waals surface area contributed by atoms with E-state index in [1.807, 2.05) is 55.6 Å². The second-order valence-electron chi connectivity index (χ2n) is 7.55. The van der Waals surface area contributed by atoms with E-state index >= 15 is 0 Å². The van der Waals surface area contributed by atoms with E-state index in [1.54, 1.807) is 12.1 Å². The molecular weight excluding hydrogens is 388 g/mol. The monoisotopic (exact) mass is 414 g/mol. The Labute approximate surface area is 181 Å². The van der Waals surface area contributed by atoms with Gasteiger partial charge >= 0.3 is 5.97 Å². The second kappa shape index (κ2) is 9.00. The minimum absolute atomic E-state index is 0.307. The van der Waals surface area contributed by atoms with Gasteiger partial charge < -0.3 is 15.0 Å². The predicted octanol–water partition coefficient (Wildman–Crippen LogP) is 5.23. The minimum atomic E-state index is -0.920. The third-order valence-corrected chi connectivity index (χ3v) is 5.44. The first-order chi connectivity index (χ1) is 15.1. The van der Waals surface area contributed by atoms with E-state index in [2.05, 4.69) is 16.8 Å². The Kier molecular flexibility index (Phi) is 5.98. The second-order valence-corrected chi connectivity index (χ2v) is 7.55. The molecule has 0 spiro atoms. The number of pyridine rings is 1. The lowest BCUT2D eigenvalue weighted by atomic mass is 9.99. The number of hydrogen-bond donors (Lipinski definition) is 2. The summed E-state index contributed by atoms with van der Waals surface area (Å²) in [6.45, 7) is 2.84. The topological polar surface area (TPSA) is 80.0 Å². The number of aromatic nitrogens is 3. The fraction of sp³-hybridized carbons (Fsp3) is 0.240. The lowest BCUT2D eigenvalue weighted by molar-refractivity contribution is 0.0697. The Bertz CT molecular complexity index is 1210. The number of aryl methyl sites for hydroxylation is 1. The molecule has 0 bridgehead atoms. The molecule has 6 heteroatoms. The Balaban J connectivity index is 1.68. The number of carboxylic acids is 1. The summed E-state index contributed by atoms with van der Waals surface area (Å²) in [5.41, 5.74) is 4.81. The molecule has 2 aromatic heterocycles. The number of nitrogens with zero attached hydrogens (tertiary/aromatic N) is 3. The highest BCUT2D eigenvalue weighted by molar-refractivity contribution is 5.96. The number of carboxylic acid groups (broad SMARTS) is 1. The van der Waals surface area contributed by atoms with Crippen LogP contribution in [0, 0.1) is 0 Å². The van der Waals surface area contributed by atoms with Crippen LogP contribution in [0.2, 0.25) is 0 Å². The number of rotatable bonds is 8. The highest BCUT2D eigenvalue weighted by Crippen LogP contribution is 2.25. The summed E-state index contributed by atoms with van der Waals surface area (Å²) in [4.78, 5) is 21.1. The van der Waals surface area contributed by atoms with Crippen LogP contribution in [0.25, 0.3) is 22.3 Å². The van der Waals surface area contributed by atoms with Gasteiger partial charge in [0.25, 0.3) is 0 Å². The van der Waals surface area contributed by atoms with Crippen LogP contribution in [0.15, 0.2) is 60.7 Å². The molecule has 4 rings (SSSR count). The third kappa shape index (κ3) is 4.28. The molecule has 4 aromatic rings. The van der Waals surface area contributed by atoms with Gasteiger partial charge in [-0.3, -0.25) is 0 Å². The molecule has 6 nitrogen and oxygen atoms in total. The average Bonchev–Trinajstić information content (AvgIpc) is 3.14. The molecule has 2 heterocycles.